The highest BCUT2D eigenvalue weighted by Gasteiger charge is 2.44. The number of piperazine rings is 1. The van der Waals surface area contributed by atoms with Crippen LogP contribution < -0.4 is 4.72 Å². The molecule has 0 unspecified atom stereocenters. The number of aryl methyl sites for hydroxylation is 3. The molecule has 0 bridgehead atoms. The van der Waals surface area contributed by atoms with Gasteiger partial charge >= 0.3 is 18.3 Å². The van der Waals surface area contributed by atoms with Crippen molar-refractivity contribution >= 4 is 27.6 Å². The Morgan fingerprint density at radius 2 is 1.50 bits per heavy atom. The molecule has 0 spiro atoms. The summed E-state index contributed by atoms with van der Waals surface area (Å²) < 4.78 is 117. The molecule has 14 nitrogen and oxygen atoms in total. The molecule has 2 fully saturated rings. The molecule has 1 amide bonds. The molecule has 2 saturated heterocycles. The van der Waals surface area contributed by atoms with Crippen LogP contribution in [0.1, 0.15) is 134 Å². The summed E-state index contributed by atoms with van der Waals surface area (Å²) >= 11 is 0. The van der Waals surface area contributed by atoms with Crippen LogP contribution in [-0.2, 0) is 43.1 Å². The lowest BCUT2D eigenvalue weighted by Gasteiger charge is -2.52. The second kappa shape index (κ2) is 25.6. The fraction of sp³-hybridized carbons (Fsp3) is 0.475. The lowest BCUT2D eigenvalue weighted by Crippen LogP contribution is -2.62. The largest absolute Gasteiger partial charge is 0.512 e. The average molecular weight is 1140 g/mol. The van der Waals surface area contributed by atoms with Gasteiger partial charge in [0.25, 0.3) is 15.9 Å². The summed E-state index contributed by atoms with van der Waals surface area (Å²) in [5.74, 6) is -1.23. The van der Waals surface area contributed by atoms with Crippen LogP contribution in [0.2, 0.25) is 0 Å². The number of aromatic nitrogens is 3. The van der Waals surface area contributed by atoms with Crippen molar-refractivity contribution in [2.45, 2.75) is 139 Å². The van der Waals surface area contributed by atoms with E-state index in [2.05, 4.69) is 43.3 Å². The Kier molecular flexibility index (Phi) is 19.6. The highest BCUT2D eigenvalue weighted by molar-refractivity contribution is 7.92. The molecule has 21 heteroatoms. The van der Waals surface area contributed by atoms with Crippen molar-refractivity contribution in [3.8, 4) is 0 Å². The number of aliphatic hydroxyl groups is 1. The maximum atomic E-state index is 13.4. The Labute approximate surface area is 464 Å². The molecule has 80 heavy (non-hydrogen) atoms. The normalized spacial score (nSPS) is 20.1. The number of hydrogen-bond acceptors (Lipinski definition) is 12. The number of piperidine rings is 1. The van der Waals surface area contributed by atoms with Gasteiger partial charge in [0.05, 0.1) is 46.3 Å². The SMILES string of the molecule is CCC[C@@]1(CCc2ccccc2)CC(O)=C([C@H](CC)c2cccc(NS(=O)(=O)c3ccc(C(F)(F)F)cn3)c2)C(=O)O1.COC[C@@H](c1ccc(C(F)(F)F)cc1)N1CCN(C2(C)CCN(C(=O)c3c(C)ncnc3C)CC2)C[C@@H]1C. The van der Waals surface area contributed by atoms with E-state index in [-0.39, 0.29) is 47.0 Å². The molecule has 3 aromatic carbocycles. The Morgan fingerprint density at radius 1 is 0.850 bits per heavy atom. The van der Waals surface area contributed by atoms with Gasteiger partial charge in [-0.2, -0.15) is 34.8 Å². The quantitative estimate of drug-likeness (QED) is 0.0669. The Bertz CT molecular complexity index is 3050. The van der Waals surface area contributed by atoms with Gasteiger partial charge in [-0.15, -0.1) is 0 Å². The molecule has 432 valence electrons. The standard InChI is InChI=1S/C31H33F3N2O5S.C28H38F3N5O2/c1-3-16-30(17-15-21-9-6-5-7-10-21)19-26(37)28(29(38)41-30)25(4-2)22-11-8-12-24(18-22)36-42(39,40)27-14-13-23(20-35-27)31(32,33)34;1-19-16-35(14-15-36(19)24(17-38-5)22-6-8-23(9-7-22)28(29,30)31)27(4)10-12-34(13-11-27)26(37)25-20(2)32-18-33-21(25)3/h5-14,18,20,25,36-37H,3-4,15-17,19H2,1-2H3;6-9,18-19,24H,10-17H2,1-5H3/t25-,30-;19-,24-/m10/s1. The molecule has 8 rings (SSSR count). The maximum absolute atomic E-state index is 13.4. The van der Waals surface area contributed by atoms with Gasteiger partial charge in [-0.1, -0.05) is 74.9 Å². The van der Waals surface area contributed by atoms with Gasteiger partial charge in [0, 0.05) is 75.6 Å². The van der Waals surface area contributed by atoms with Crippen LogP contribution in [-0.4, -0.2) is 119 Å². The van der Waals surface area contributed by atoms with Gasteiger partial charge in [-0.05, 0) is 119 Å². The number of alkyl halides is 6. The molecule has 0 aliphatic carbocycles. The van der Waals surface area contributed by atoms with Crippen LogP contribution in [0.5, 0.6) is 0 Å². The summed E-state index contributed by atoms with van der Waals surface area (Å²) in [6.45, 7) is 16.2. The number of pyridine rings is 1. The molecule has 5 aromatic rings. The molecule has 3 aliphatic heterocycles. The van der Waals surface area contributed by atoms with Crippen molar-refractivity contribution in [1.82, 2.24) is 29.7 Å². The van der Waals surface area contributed by atoms with Gasteiger partial charge in [-0.25, -0.2) is 19.7 Å². The molecule has 2 aromatic heterocycles. The number of carbonyl (C=O) groups excluding carboxylic acids is 2. The number of sulfonamides is 1. The number of hydrogen-bond donors (Lipinski definition) is 2. The van der Waals surface area contributed by atoms with E-state index in [9.17, 15) is 49.5 Å². The summed E-state index contributed by atoms with van der Waals surface area (Å²) in [4.78, 5) is 45.3. The topological polar surface area (TPSA) is 167 Å². The van der Waals surface area contributed by atoms with E-state index in [1.165, 1.54) is 18.5 Å². The second-order valence-electron chi connectivity index (χ2n) is 21.3. The predicted octanol–water partition coefficient (Wildman–Crippen LogP) is 11.8. The average Bonchev–Trinajstić information content (AvgIpc) is 3.41. The fourth-order valence-electron chi connectivity index (χ4n) is 11.3. The predicted molar refractivity (Wildman–Crippen MR) is 291 cm³/mol. The van der Waals surface area contributed by atoms with Gasteiger partial charge in [-0.3, -0.25) is 19.3 Å². The zero-order valence-electron chi connectivity index (χ0n) is 46.2. The number of nitrogens with zero attached hydrogens (tertiary/aromatic N) is 6. The molecule has 0 radical (unpaired) electrons. The third kappa shape index (κ3) is 14.5. The Hall–Kier alpha value is -6.42. The molecule has 3 aliphatic rings. The minimum absolute atomic E-state index is 0.000198. The number of halogens is 6. The number of cyclic esters (lactones) is 1. The number of nitrogens with one attached hydrogen (secondary N) is 1. The van der Waals surface area contributed by atoms with Crippen LogP contribution in [0.3, 0.4) is 0 Å². The van der Waals surface area contributed by atoms with Crippen molar-refractivity contribution in [3.05, 3.63) is 160 Å². The molecular weight excluding hydrogens is 1060 g/mol. The van der Waals surface area contributed by atoms with Crippen LogP contribution >= 0.6 is 0 Å². The van der Waals surface area contributed by atoms with E-state index in [1.54, 1.807) is 31.4 Å². The fourth-order valence-corrected chi connectivity index (χ4v) is 12.3. The number of methoxy groups -OCH3 is 1. The van der Waals surface area contributed by atoms with Crippen LogP contribution in [0, 0.1) is 13.8 Å². The molecule has 5 heterocycles. The van der Waals surface area contributed by atoms with E-state index >= 15 is 0 Å². The first kappa shape index (κ1) is 61.2. The first-order valence-electron chi connectivity index (χ1n) is 26.9. The first-order chi connectivity index (χ1) is 37.8. The number of esters is 1. The third-order valence-electron chi connectivity index (χ3n) is 15.7. The van der Waals surface area contributed by atoms with Crippen molar-refractivity contribution in [3.63, 3.8) is 0 Å². The maximum Gasteiger partial charge on any atom is 0.417 e. The van der Waals surface area contributed by atoms with Gasteiger partial charge in [0.1, 0.15) is 17.7 Å². The smallest absolute Gasteiger partial charge is 0.417 e. The molecule has 2 N–H and O–H groups in total. The number of benzene rings is 3. The van der Waals surface area contributed by atoms with Gasteiger partial charge < -0.3 is 19.5 Å². The van der Waals surface area contributed by atoms with Crippen molar-refractivity contribution in [2.75, 3.05) is 51.2 Å². The van der Waals surface area contributed by atoms with Crippen molar-refractivity contribution in [2.24, 2.45) is 0 Å². The summed E-state index contributed by atoms with van der Waals surface area (Å²) in [6.07, 6.45) is -2.12. The van der Waals surface area contributed by atoms with Crippen LogP contribution in [0.15, 0.2) is 120 Å². The third-order valence-corrected chi connectivity index (χ3v) is 17.0. The van der Waals surface area contributed by atoms with E-state index < -0.39 is 56.0 Å². The number of carbonyl (C=O) groups is 2. The zero-order valence-corrected chi connectivity index (χ0v) is 47.0. The number of rotatable bonds is 17. The lowest BCUT2D eigenvalue weighted by molar-refractivity contribution is -0.161. The molecule has 0 saturated carbocycles. The molecular formula is C59H71F6N7O7S. The summed E-state index contributed by atoms with van der Waals surface area (Å²) in [5.41, 5.74) is 2.20. The highest BCUT2D eigenvalue weighted by atomic mass is 32.2. The van der Waals surface area contributed by atoms with Crippen LogP contribution in [0.25, 0.3) is 0 Å². The van der Waals surface area contributed by atoms with E-state index in [4.69, 9.17) is 9.47 Å². The van der Waals surface area contributed by atoms with Crippen molar-refractivity contribution < 1.29 is 58.9 Å². The van der Waals surface area contributed by atoms with E-state index in [0.29, 0.717) is 80.2 Å². The number of anilines is 1. The Morgan fingerprint density at radius 3 is 2.06 bits per heavy atom. The summed E-state index contributed by atoms with van der Waals surface area (Å²) in [5, 5.41) is 10.6. The van der Waals surface area contributed by atoms with Crippen molar-refractivity contribution in [1.29, 1.82) is 0 Å². The number of amides is 1. The number of aliphatic hydroxyl groups excluding tert-OH is 1. The minimum Gasteiger partial charge on any atom is -0.512 e. The van der Waals surface area contributed by atoms with Gasteiger partial charge in [0.2, 0.25) is 0 Å². The monoisotopic (exact) mass is 1140 g/mol. The van der Waals surface area contributed by atoms with Gasteiger partial charge in [0.15, 0.2) is 5.03 Å². The first-order valence-corrected chi connectivity index (χ1v) is 28.4. The minimum atomic E-state index is -4.65. The van der Waals surface area contributed by atoms with E-state index in [1.807, 2.05) is 62.9 Å². The Balaban J connectivity index is 0.000000232. The lowest BCUT2D eigenvalue weighted by atomic mass is 9.80. The number of likely N-dealkylation sites (tertiary alicyclic amines) is 1. The zero-order chi connectivity index (χ0) is 58.2. The summed E-state index contributed by atoms with van der Waals surface area (Å²) in [7, 11) is -2.68. The van der Waals surface area contributed by atoms with E-state index in [0.717, 1.165) is 68.2 Å². The highest BCUT2D eigenvalue weighted by Crippen LogP contribution is 2.43. The number of ether oxygens (including phenoxy) is 2. The second-order valence-corrected chi connectivity index (χ2v) is 22.9. The summed E-state index contributed by atoms with van der Waals surface area (Å²) in [6, 6.07) is 23.1. The van der Waals surface area contributed by atoms with Crippen LogP contribution in [0.4, 0.5) is 32.0 Å². The molecule has 4 atom stereocenters.